The van der Waals surface area contributed by atoms with Crippen LogP contribution >= 0.6 is 0 Å². The van der Waals surface area contributed by atoms with E-state index in [1.54, 1.807) is 36.4 Å². The maximum Gasteiger partial charge on any atom is 0.363 e. The fraction of sp³-hybridized carbons (Fsp3) is 0.324. The second kappa shape index (κ2) is 10.2. The highest BCUT2D eigenvalue weighted by atomic mass is 19.3. The zero-order chi connectivity index (χ0) is 33.6. The SMILES string of the molecule is CC1(C)C2=CC(=[N+]3CC(F)(F)C3)C=CC2=C(c2cc(C(=O)ON3C(=O)CCC3=O)ccc2C(=O)O)c2ccc(N3CC(F)(F)C3)cc21. The monoisotopic (exact) mass is 650 g/mol. The Bertz CT molecular complexity index is 1920. The van der Waals surface area contributed by atoms with Gasteiger partial charge in [-0.3, -0.25) is 9.59 Å². The Labute approximate surface area is 265 Å². The zero-order valence-electron chi connectivity index (χ0n) is 25.3. The van der Waals surface area contributed by atoms with Crippen molar-refractivity contribution < 1.29 is 51.3 Å². The topological polar surface area (TPSA) is 107 Å². The molecule has 1 N–H and O–H groups in total. The molecule has 0 saturated carbocycles. The molecule has 0 radical (unpaired) electrons. The van der Waals surface area contributed by atoms with Crippen LogP contribution in [0.2, 0.25) is 0 Å². The van der Waals surface area contributed by atoms with Crippen LogP contribution in [0, 0.1) is 0 Å². The van der Waals surface area contributed by atoms with E-state index in [2.05, 4.69) is 0 Å². The highest BCUT2D eigenvalue weighted by molar-refractivity contribution is 6.09. The summed E-state index contributed by atoms with van der Waals surface area (Å²) < 4.78 is 56.8. The first-order valence-corrected chi connectivity index (χ1v) is 14.9. The molecule has 0 aromatic heterocycles. The standard InChI is InChI=1S/C34H27F4N3O6/c1-32(2)25-12-19(39-14-33(35,36)15-39)4-7-22(25)29(23-8-5-20(13-26(23)32)40-16-34(37,38)17-40)24-11-18(3-6-21(24)30(44)45)31(46)47-41-27(42)9-10-28(41)43/h3-8,11-13H,9-10,14-17H2,1-2H3/p+1. The van der Waals surface area contributed by atoms with Crippen molar-refractivity contribution in [2.24, 2.45) is 0 Å². The molecule has 242 valence electrons. The molecule has 7 rings (SSSR count). The third kappa shape index (κ3) is 5.04. The molecule has 0 bridgehead atoms. The number of anilines is 1. The number of alkyl halides is 4. The molecular formula is C34H28F4N3O6+. The Hall–Kier alpha value is -5.07. The van der Waals surface area contributed by atoms with Gasteiger partial charge in [0.25, 0.3) is 17.7 Å². The first-order valence-electron chi connectivity index (χ1n) is 14.9. The van der Waals surface area contributed by atoms with E-state index in [1.807, 2.05) is 13.8 Å². The number of carbonyl (C=O) groups is 4. The van der Waals surface area contributed by atoms with Gasteiger partial charge in [-0.1, -0.05) is 19.9 Å². The summed E-state index contributed by atoms with van der Waals surface area (Å²) in [6.07, 6.45) is 4.97. The normalized spacial score (nSPS) is 22.0. The number of amides is 2. The fourth-order valence-electron chi connectivity index (χ4n) is 6.76. The van der Waals surface area contributed by atoms with E-state index in [0.717, 1.165) is 0 Å². The number of rotatable bonds is 5. The predicted molar refractivity (Wildman–Crippen MR) is 160 cm³/mol. The van der Waals surface area contributed by atoms with E-state index >= 15 is 0 Å². The number of halogens is 4. The van der Waals surface area contributed by atoms with Crippen LogP contribution in [0.5, 0.6) is 0 Å². The van der Waals surface area contributed by atoms with Crippen LogP contribution in [0.4, 0.5) is 23.2 Å². The number of fused-ring (bicyclic) bond motifs is 2. The second-order valence-electron chi connectivity index (χ2n) is 12.9. The number of carboxylic acids is 1. The minimum absolute atomic E-state index is 0.106. The van der Waals surface area contributed by atoms with Crippen molar-refractivity contribution in [2.75, 3.05) is 31.1 Å². The Morgan fingerprint density at radius 2 is 1.57 bits per heavy atom. The number of carbonyl (C=O) groups excluding carboxylic acids is 3. The first-order chi connectivity index (χ1) is 22.0. The van der Waals surface area contributed by atoms with E-state index in [-0.39, 0.29) is 29.5 Å². The van der Waals surface area contributed by atoms with E-state index in [0.29, 0.717) is 44.3 Å². The molecule has 2 aromatic rings. The summed E-state index contributed by atoms with van der Waals surface area (Å²) in [6, 6.07) is 8.93. The quantitative estimate of drug-likeness (QED) is 0.283. The minimum atomic E-state index is -2.82. The van der Waals surface area contributed by atoms with Gasteiger partial charge in [-0.05, 0) is 69.8 Å². The molecule has 47 heavy (non-hydrogen) atoms. The van der Waals surface area contributed by atoms with Crippen LogP contribution < -0.4 is 4.90 Å². The largest absolute Gasteiger partial charge is 0.478 e. The number of allylic oxidation sites excluding steroid dienone is 5. The fourth-order valence-corrected chi connectivity index (χ4v) is 6.76. The van der Waals surface area contributed by atoms with E-state index < -0.39 is 67.2 Å². The maximum absolute atomic E-state index is 13.8. The van der Waals surface area contributed by atoms with Crippen molar-refractivity contribution in [3.63, 3.8) is 0 Å². The van der Waals surface area contributed by atoms with Crippen LogP contribution in [-0.2, 0) is 19.8 Å². The lowest BCUT2D eigenvalue weighted by Crippen LogP contribution is -2.56. The number of aromatic carboxylic acids is 1. The van der Waals surface area contributed by atoms with Gasteiger partial charge in [-0.2, -0.15) is 8.78 Å². The minimum Gasteiger partial charge on any atom is -0.478 e. The van der Waals surface area contributed by atoms with Gasteiger partial charge < -0.3 is 14.8 Å². The summed E-state index contributed by atoms with van der Waals surface area (Å²) in [5, 5.41) is 10.7. The van der Waals surface area contributed by atoms with Crippen molar-refractivity contribution >= 4 is 40.7 Å². The van der Waals surface area contributed by atoms with E-state index in [1.165, 1.54) is 27.7 Å². The lowest BCUT2D eigenvalue weighted by molar-refractivity contribution is -0.638. The Morgan fingerprint density at radius 1 is 0.894 bits per heavy atom. The molecule has 3 fully saturated rings. The maximum atomic E-state index is 13.8. The molecule has 9 nitrogen and oxygen atoms in total. The Balaban J connectivity index is 1.41. The number of nitrogens with zero attached hydrogens (tertiary/aromatic N) is 3. The molecular weight excluding hydrogens is 622 g/mol. The number of hydroxylamine groups is 2. The average molecular weight is 651 g/mol. The lowest BCUT2D eigenvalue weighted by Gasteiger charge is -2.43. The number of hydrogen-bond donors (Lipinski definition) is 1. The van der Waals surface area contributed by atoms with Gasteiger partial charge in [0.05, 0.1) is 24.2 Å². The van der Waals surface area contributed by atoms with Crippen molar-refractivity contribution in [1.82, 2.24) is 5.06 Å². The molecule has 3 saturated heterocycles. The van der Waals surface area contributed by atoms with Crippen LogP contribution in [-0.4, -0.2) is 82.2 Å². The molecule has 0 unspecified atom stereocenters. The summed E-state index contributed by atoms with van der Waals surface area (Å²) >= 11 is 0. The number of hydrogen-bond acceptors (Lipinski definition) is 6. The molecule has 3 aliphatic heterocycles. The van der Waals surface area contributed by atoms with Crippen LogP contribution in [0.25, 0.3) is 5.57 Å². The average Bonchev–Trinajstić information content (AvgIpc) is 3.30. The highest BCUT2D eigenvalue weighted by Crippen LogP contribution is 2.51. The molecule has 2 aromatic carbocycles. The second-order valence-corrected chi connectivity index (χ2v) is 12.9. The lowest BCUT2D eigenvalue weighted by atomic mass is 9.64. The van der Waals surface area contributed by atoms with Crippen LogP contribution in [0.1, 0.15) is 64.1 Å². The Morgan fingerprint density at radius 3 is 2.19 bits per heavy atom. The number of imide groups is 1. The van der Waals surface area contributed by atoms with Gasteiger partial charge in [-0.25, -0.2) is 22.9 Å². The van der Waals surface area contributed by atoms with Crippen molar-refractivity contribution in [1.29, 1.82) is 0 Å². The number of carboxylic acid groups (broad SMARTS) is 1. The molecule has 0 spiro atoms. The van der Waals surface area contributed by atoms with Crippen LogP contribution in [0.3, 0.4) is 0 Å². The molecule has 2 amide bonds. The van der Waals surface area contributed by atoms with E-state index in [4.69, 9.17) is 4.84 Å². The predicted octanol–water partition coefficient (Wildman–Crippen LogP) is 4.75. The third-order valence-corrected chi connectivity index (χ3v) is 9.25. The van der Waals surface area contributed by atoms with Gasteiger partial charge in [0, 0.05) is 36.1 Å². The van der Waals surface area contributed by atoms with Crippen LogP contribution in [0.15, 0.2) is 65.8 Å². The summed E-state index contributed by atoms with van der Waals surface area (Å²) in [6.45, 7) is 2.01. The van der Waals surface area contributed by atoms with Crippen molar-refractivity contribution in [3.8, 4) is 0 Å². The summed E-state index contributed by atoms with van der Waals surface area (Å²) in [5.74, 6) is -9.34. The van der Waals surface area contributed by atoms with Crippen molar-refractivity contribution in [2.45, 2.75) is 43.9 Å². The summed E-state index contributed by atoms with van der Waals surface area (Å²) in [5.41, 5.74) is 3.05. The van der Waals surface area contributed by atoms with Gasteiger partial charge in [0.1, 0.15) is 0 Å². The van der Waals surface area contributed by atoms with Gasteiger partial charge in [0.2, 0.25) is 18.8 Å². The molecule has 2 aliphatic carbocycles. The highest BCUT2D eigenvalue weighted by Gasteiger charge is 2.51. The third-order valence-electron chi connectivity index (χ3n) is 9.25. The smallest absolute Gasteiger partial charge is 0.363 e. The first kappa shape index (κ1) is 30.6. The van der Waals surface area contributed by atoms with Crippen molar-refractivity contribution in [3.05, 3.63) is 93.6 Å². The van der Waals surface area contributed by atoms with Gasteiger partial charge in [-0.15, -0.1) is 5.06 Å². The summed E-state index contributed by atoms with van der Waals surface area (Å²) in [7, 11) is 0. The van der Waals surface area contributed by atoms with E-state index in [9.17, 15) is 41.8 Å². The molecule has 13 heteroatoms. The number of benzene rings is 2. The zero-order valence-corrected chi connectivity index (χ0v) is 25.3. The summed E-state index contributed by atoms with van der Waals surface area (Å²) in [4.78, 5) is 56.5. The molecule has 5 aliphatic rings. The molecule has 0 atom stereocenters. The van der Waals surface area contributed by atoms with Gasteiger partial charge >= 0.3 is 17.9 Å². The van der Waals surface area contributed by atoms with Gasteiger partial charge in [0.15, 0.2) is 0 Å². The Kier molecular flexibility index (Phi) is 6.65. The molecule has 3 heterocycles.